The summed E-state index contributed by atoms with van der Waals surface area (Å²) in [6.07, 6.45) is 0. The first-order valence-electron chi connectivity index (χ1n) is 20.2. The van der Waals surface area contributed by atoms with Gasteiger partial charge in [-0.2, -0.15) is 0 Å². The summed E-state index contributed by atoms with van der Waals surface area (Å²) in [7, 11) is 0. The quantitative estimate of drug-likeness (QED) is 0.120. The zero-order chi connectivity index (χ0) is 39.8. The van der Waals surface area contributed by atoms with Crippen molar-refractivity contribution in [2.45, 2.75) is 0 Å². The molecule has 0 aliphatic heterocycles. The first kappa shape index (κ1) is 35.1. The zero-order valence-corrected chi connectivity index (χ0v) is 32.6. The molecule has 0 aliphatic rings. The van der Waals surface area contributed by atoms with Crippen LogP contribution in [0.15, 0.2) is 218 Å². The molecule has 0 bridgehead atoms. The number of aromatic nitrogens is 4. The number of fused-ring (bicyclic) bond motifs is 4. The molecular formula is C56H36N4. The third-order valence-corrected chi connectivity index (χ3v) is 11.3. The van der Waals surface area contributed by atoms with Crippen LogP contribution < -0.4 is 0 Å². The molecule has 0 radical (unpaired) electrons. The molecule has 0 unspecified atom stereocenters. The largest absolute Gasteiger partial charge is 0.247 e. The van der Waals surface area contributed by atoms with Crippen LogP contribution >= 0.6 is 0 Å². The van der Waals surface area contributed by atoms with E-state index in [1.165, 1.54) is 32.7 Å². The molecule has 2 heterocycles. The van der Waals surface area contributed by atoms with Crippen molar-refractivity contribution < 1.29 is 0 Å². The van der Waals surface area contributed by atoms with Gasteiger partial charge in [-0.05, 0) is 67.7 Å². The Balaban J connectivity index is 0.965. The van der Waals surface area contributed by atoms with Crippen LogP contribution in [-0.2, 0) is 0 Å². The van der Waals surface area contributed by atoms with Gasteiger partial charge in [-0.3, -0.25) is 0 Å². The minimum atomic E-state index is 0.618. The summed E-state index contributed by atoms with van der Waals surface area (Å²) in [6.45, 7) is 0. The van der Waals surface area contributed by atoms with Gasteiger partial charge >= 0.3 is 0 Å². The van der Waals surface area contributed by atoms with Crippen LogP contribution in [0.1, 0.15) is 0 Å². The van der Waals surface area contributed by atoms with Crippen LogP contribution in [-0.4, -0.2) is 19.9 Å². The van der Waals surface area contributed by atoms with Gasteiger partial charge < -0.3 is 0 Å². The van der Waals surface area contributed by atoms with Crippen molar-refractivity contribution >= 4 is 32.4 Å². The first-order valence-corrected chi connectivity index (χ1v) is 20.2. The number of pyridine rings is 1. The number of benzene rings is 9. The molecule has 0 saturated heterocycles. The molecule has 0 saturated carbocycles. The van der Waals surface area contributed by atoms with Gasteiger partial charge in [0.2, 0.25) is 0 Å². The first-order chi connectivity index (χ1) is 29.7. The average Bonchev–Trinajstić information content (AvgIpc) is 3.34. The summed E-state index contributed by atoms with van der Waals surface area (Å²) < 4.78 is 0. The molecule has 4 nitrogen and oxygen atoms in total. The van der Waals surface area contributed by atoms with Gasteiger partial charge in [-0.25, -0.2) is 19.9 Å². The van der Waals surface area contributed by atoms with Crippen LogP contribution in [0.2, 0.25) is 0 Å². The van der Waals surface area contributed by atoms with Crippen molar-refractivity contribution in [1.29, 1.82) is 0 Å². The van der Waals surface area contributed by atoms with Crippen molar-refractivity contribution in [2.75, 3.05) is 0 Å². The summed E-state index contributed by atoms with van der Waals surface area (Å²) >= 11 is 0. The second kappa shape index (κ2) is 15.0. The standard InChI is InChI=1S/C56H36N4/c1-3-12-37(13-4-1)39-24-30-43(31-25-39)54-58-55(44-32-26-40(27-33-44)38-14-5-2-6-15-38)60-56(59-54)48-19-11-18-45(34-48)41-22-28-42(29-23-41)53-50-21-10-9-20-49(50)51-35-46-16-7-8-17-47(46)36-52(51)57-53/h1-36H. The second-order valence-electron chi connectivity index (χ2n) is 15.1. The molecule has 4 heteroatoms. The van der Waals surface area contributed by atoms with E-state index in [-0.39, 0.29) is 0 Å². The molecule has 0 aliphatic carbocycles. The molecule has 0 fully saturated rings. The number of hydrogen-bond acceptors (Lipinski definition) is 4. The maximum Gasteiger partial charge on any atom is 0.164 e. The highest BCUT2D eigenvalue weighted by Crippen LogP contribution is 2.36. The van der Waals surface area contributed by atoms with E-state index in [4.69, 9.17) is 19.9 Å². The second-order valence-corrected chi connectivity index (χ2v) is 15.1. The van der Waals surface area contributed by atoms with E-state index in [0.29, 0.717) is 17.5 Å². The third kappa shape index (κ3) is 6.66. The predicted octanol–water partition coefficient (Wildman–Crippen LogP) is 14.4. The summed E-state index contributed by atoms with van der Waals surface area (Å²) in [5.74, 6) is 1.87. The Hall–Kier alpha value is -8.08. The van der Waals surface area contributed by atoms with E-state index in [9.17, 15) is 0 Å². The predicted molar refractivity (Wildman–Crippen MR) is 248 cm³/mol. The molecule has 11 aromatic rings. The minimum Gasteiger partial charge on any atom is -0.247 e. The monoisotopic (exact) mass is 764 g/mol. The molecule has 0 amide bonds. The Kier molecular flexibility index (Phi) is 8.79. The Morgan fingerprint density at radius 2 is 0.617 bits per heavy atom. The maximum atomic E-state index is 5.26. The van der Waals surface area contributed by atoms with Crippen molar-refractivity contribution in [3.63, 3.8) is 0 Å². The zero-order valence-electron chi connectivity index (χ0n) is 32.6. The van der Waals surface area contributed by atoms with Gasteiger partial charge in [0.1, 0.15) is 0 Å². The van der Waals surface area contributed by atoms with Crippen LogP contribution in [0.25, 0.3) is 111 Å². The summed E-state index contributed by atoms with van der Waals surface area (Å²) in [5, 5.41) is 5.92. The maximum absolute atomic E-state index is 5.26. The summed E-state index contributed by atoms with van der Waals surface area (Å²) in [6, 6.07) is 76.4. The Morgan fingerprint density at radius 1 is 0.217 bits per heavy atom. The summed E-state index contributed by atoms with van der Waals surface area (Å²) in [4.78, 5) is 20.5. The lowest BCUT2D eigenvalue weighted by Crippen LogP contribution is -2.00. The van der Waals surface area contributed by atoms with Crippen LogP contribution in [0.4, 0.5) is 0 Å². The van der Waals surface area contributed by atoms with Gasteiger partial charge in [-0.1, -0.05) is 200 Å². The topological polar surface area (TPSA) is 51.6 Å². The van der Waals surface area contributed by atoms with E-state index in [1.54, 1.807) is 0 Å². The van der Waals surface area contributed by atoms with E-state index in [2.05, 4.69) is 206 Å². The van der Waals surface area contributed by atoms with Gasteiger partial charge in [0.05, 0.1) is 11.2 Å². The molecule has 0 atom stereocenters. The summed E-state index contributed by atoms with van der Waals surface area (Å²) in [5.41, 5.74) is 12.6. The van der Waals surface area contributed by atoms with Crippen molar-refractivity contribution in [3.8, 4) is 78.8 Å². The van der Waals surface area contributed by atoms with Gasteiger partial charge in [-0.15, -0.1) is 0 Å². The highest BCUT2D eigenvalue weighted by atomic mass is 15.0. The Morgan fingerprint density at radius 3 is 1.20 bits per heavy atom. The lowest BCUT2D eigenvalue weighted by molar-refractivity contribution is 1.07. The average molecular weight is 765 g/mol. The van der Waals surface area contributed by atoms with E-state index in [1.807, 2.05) is 12.1 Å². The smallest absolute Gasteiger partial charge is 0.164 e. The van der Waals surface area contributed by atoms with Gasteiger partial charge in [0, 0.05) is 33.0 Å². The van der Waals surface area contributed by atoms with Gasteiger partial charge in [0.25, 0.3) is 0 Å². The van der Waals surface area contributed by atoms with Crippen LogP contribution in [0.3, 0.4) is 0 Å². The number of rotatable bonds is 7. The van der Waals surface area contributed by atoms with E-state index in [0.717, 1.165) is 61.1 Å². The van der Waals surface area contributed by atoms with Crippen molar-refractivity contribution in [1.82, 2.24) is 19.9 Å². The van der Waals surface area contributed by atoms with E-state index < -0.39 is 0 Å². The molecule has 0 spiro atoms. The molecule has 0 N–H and O–H groups in total. The SMILES string of the molecule is c1ccc(-c2ccc(-c3nc(-c4ccc(-c5ccccc5)cc4)nc(-c4cccc(-c5ccc(-c6nc7cc8ccccc8cc7c7ccccc67)cc5)c4)n3)cc2)cc1. The van der Waals surface area contributed by atoms with Gasteiger partial charge in [0.15, 0.2) is 17.5 Å². The Labute approximate surface area is 348 Å². The van der Waals surface area contributed by atoms with Crippen molar-refractivity contribution in [3.05, 3.63) is 218 Å². The molecule has 60 heavy (non-hydrogen) atoms. The van der Waals surface area contributed by atoms with Crippen molar-refractivity contribution in [2.24, 2.45) is 0 Å². The Bertz CT molecular complexity index is 3220. The van der Waals surface area contributed by atoms with Crippen LogP contribution in [0, 0.1) is 0 Å². The number of nitrogens with zero attached hydrogens (tertiary/aromatic N) is 4. The fraction of sp³-hybridized carbons (Fsp3) is 0. The number of hydrogen-bond donors (Lipinski definition) is 0. The third-order valence-electron chi connectivity index (χ3n) is 11.3. The molecular weight excluding hydrogens is 729 g/mol. The fourth-order valence-corrected chi connectivity index (χ4v) is 8.17. The van der Waals surface area contributed by atoms with E-state index >= 15 is 0 Å². The highest BCUT2D eigenvalue weighted by molar-refractivity contribution is 6.14. The lowest BCUT2D eigenvalue weighted by Gasteiger charge is -2.12. The minimum absolute atomic E-state index is 0.618. The molecule has 2 aromatic heterocycles. The fourth-order valence-electron chi connectivity index (χ4n) is 8.17. The highest BCUT2D eigenvalue weighted by Gasteiger charge is 2.15. The molecule has 280 valence electrons. The lowest BCUT2D eigenvalue weighted by atomic mass is 9.96. The normalized spacial score (nSPS) is 11.3. The van der Waals surface area contributed by atoms with Crippen LogP contribution in [0.5, 0.6) is 0 Å². The molecule has 9 aromatic carbocycles. The molecule has 11 rings (SSSR count).